The fourth-order valence-corrected chi connectivity index (χ4v) is 2.48. The van der Waals surface area contributed by atoms with Crippen molar-refractivity contribution in [1.82, 2.24) is 10.6 Å². The normalized spacial score (nSPS) is 21.9. The van der Waals surface area contributed by atoms with Gasteiger partial charge in [0.1, 0.15) is 0 Å². The number of nitrogens with one attached hydrogen (secondary N) is 2. The summed E-state index contributed by atoms with van der Waals surface area (Å²) in [6.45, 7) is 1.14. The Morgan fingerprint density at radius 3 is 2.43 bits per heavy atom. The number of rotatable bonds is 4. The molecule has 1 amide bonds. The highest BCUT2D eigenvalue weighted by atomic mass is 19.4. The van der Waals surface area contributed by atoms with Crippen molar-refractivity contribution in [2.75, 3.05) is 6.54 Å². The maximum Gasteiger partial charge on any atom is 0.416 e. The Balaban J connectivity index is 1.87. The van der Waals surface area contributed by atoms with Gasteiger partial charge in [0, 0.05) is 12.5 Å². The lowest BCUT2D eigenvalue weighted by molar-refractivity contribution is -0.137. The first kappa shape index (κ1) is 17.7. The summed E-state index contributed by atoms with van der Waals surface area (Å²) in [6, 6.07) is 3.31. The molecule has 0 bridgehead atoms. The Kier molecular flexibility index (Phi) is 4.93. The highest BCUT2D eigenvalue weighted by molar-refractivity contribution is 5.82. The molecule has 1 aromatic carbocycles. The van der Waals surface area contributed by atoms with Crippen LogP contribution in [-0.4, -0.2) is 30.5 Å². The lowest BCUT2D eigenvalue weighted by atomic mass is 10.0. The third kappa shape index (κ3) is 4.89. The molecule has 1 saturated heterocycles. The van der Waals surface area contributed by atoms with Gasteiger partial charge in [0.15, 0.2) is 0 Å². The van der Waals surface area contributed by atoms with Crippen molar-refractivity contribution in [3.8, 4) is 0 Å². The molecule has 1 aliphatic rings. The summed E-state index contributed by atoms with van der Waals surface area (Å²) < 4.78 is 63.5. The Morgan fingerprint density at radius 2 is 1.96 bits per heavy atom. The number of carbonyl (C=O) groups excluding carboxylic acids is 1. The summed E-state index contributed by atoms with van der Waals surface area (Å²) in [5.74, 6) is -3.42. The second kappa shape index (κ2) is 6.43. The number of amides is 1. The van der Waals surface area contributed by atoms with Crippen LogP contribution in [0.15, 0.2) is 24.3 Å². The summed E-state index contributed by atoms with van der Waals surface area (Å²) in [7, 11) is 0. The molecule has 0 radical (unpaired) electrons. The van der Waals surface area contributed by atoms with E-state index in [2.05, 4.69) is 10.6 Å². The smallest absolute Gasteiger partial charge is 0.352 e. The van der Waals surface area contributed by atoms with E-state index in [1.807, 2.05) is 0 Å². The van der Waals surface area contributed by atoms with E-state index in [9.17, 15) is 26.7 Å². The van der Waals surface area contributed by atoms with Crippen LogP contribution in [0, 0.1) is 0 Å². The molecule has 0 aromatic heterocycles. The molecule has 2 rings (SSSR count). The molecule has 1 aliphatic heterocycles. The molecule has 0 saturated carbocycles. The van der Waals surface area contributed by atoms with Crippen LogP contribution in [0.2, 0.25) is 0 Å². The highest BCUT2D eigenvalue weighted by Gasteiger charge is 2.42. The van der Waals surface area contributed by atoms with Gasteiger partial charge in [-0.05, 0) is 31.0 Å². The van der Waals surface area contributed by atoms with Gasteiger partial charge in [-0.1, -0.05) is 12.1 Å². The van der Waals surface area contributed by atoms with Gasteiger partial charge < -0.3 is 5.32 Å². The van der Waals surface area contributed by atoms with Crippen molar-refractivity contribution in [3.05, 3.63) is 35.4 Å². The maximum absolute atomic E-state index is 13.0. The SMILES string of the molecule is CC(Cc1ccc(C(F)(F)F)cc1)NC(=O)C1CC(F)(F)CN1. The zero-order valence-corrected chi connectivity index (χ0v) is 12.4. The molecule has 1 heterocycles. The summed E-state index contributed by atoms with van der Waals surface area (Å²) >= 11 is 0. The van der Waals surface area contributed by atoms with Crippen molar-refractivity contribution >= 4 is 5.91 Å². The molecule has 1 aromatic rings. The van der Waals surface area contributed by atoms with Crippen LogP contribution >= 0.6 is 0 Å². The second-order valence-electron chi connectivity index (χ2n) is 5.80. The predicted molar refractivity (Wildman–Crippen MR) is 74.1 cm³/mol. The Hall–Kier alpha value is -1.70. The summed E-state index contributed by atoms with van der Waals surface area (Å²) in [5.41, 5.74) is -0.120. The van der Waals surface area contributed by atoms with E-state index in [0.717, 1.165) is 12.1 Å². The van der Waals surface area contributed by atoms with Gasteiger partial charge in [0.25, 0.3) is 5.92 Å². The average molecular weight is 336 g/mol. The maximum atomic E-state index is 13.0. The topological polar surface area (TPSA) is 41.1 Å². The molecular weight excluding hydrogens is 319 g/mol. The van der Waals surface area contributed by atoms with Gasteiger partial charge in [-0.3, -0.25) is 10.1 Å². The van der Waals surface area contributed by atoms with Crippen molar-refractivity contribution in [2.45, 2.75) is 43.9 Å². The van der Waals surface area contributed by atoms with Gasteiger partial charge in [-0.25, -0.2) is 8.78 Å². The Morgan fingerprint density at radius 1 is 1.35 bits per heavy atom. The van der Waals surface area contributed by atoms with Gasteiger partial charge in [0.2, 0.25) is 5.91 Å². The lowest BCUT2D eigenvalue weighted by Gasteiger charge is -2.17. The molecule has 2 unspecified atom stereocenters. The molecule has 8 heteroatoms. The first-order valence-electron chi connectivity index (χ1n) is 7.14. The number of alkyl halides is 5. The van der Waals surface area contributed by atoms with E-state index in [0.29, 0.717) is 12.0 Å². The van der Waals surface area contributed by atoms with Crippen LogP contribution in [0.5, 0.6) is 0 Å². The predicted octanol–water partition coefficient (Wildman–Crippen LogP) is 2.75. The third-order valence-electron chi connectivity index (χ3n) is 3.64. The zero-order valence-electron chi connectivity index (χ0n) is 12.4. The number of hydrogen-bond acceptors (Lipinski definition) is 2. The summed E-state index contributed by atoms with van der Waals surface area (Å²) in [6.07, 6.45) is -4.63. The fraction of sp³-hybridized carbons (Fsp3) is 0.533. The highest BCUT2D eigenvalue weighted by Crippen LogP contribution is 2.29. The summed E-state index contributed by atoms with van der Waals surface area (Å²) in [4.78, 5) is 11.9. The lowest BCUT2D eigenvalue weighted by Crippen LogP contribution is -2.44. The standard InChI is InChI=1S/C15H17F5N2O/c1-9(22-13(23)12-7-14(16,17)8-21-12)6-10-2-4-11(5-3-10)15(18,19)20/h2-5,9,12,21H,6-8H2,1H3,(H,22,23). The van der Waals surface area contributed by atoms with E-state index in [-0.39, 0.29) is 6.04 Å². The number of benzene rings is 1. The molecule has 23 heavy (non-hydrogen) atoms. The van der Waals surface area contributed by atoms with Crippen LogP contribution < -0.4 is 10.6 Å². The van der Waals surface area contributed by atoms with Crippen LogP contribution in [0.1, 0.15) is 24.5 Å². The van der Waals surface area contributed by atoms with Crippen LogP contribution in [-0.2, 0) is 17.4 Å². The zero-order chi connectivity index (χ0) is 17.3. The minimum absolute atomic E-state index is 0.312. The molecule has 2 N–H and O–H groups in total. The second-order valence-corrected chi connectivity index (χ2v) is 5.80. The van der Waals surface area contributed by atoms with Crippen LogP contribution in [0.3, 0.4) is 0 Å². The minimum atomic E-state index is -4.39. The number of halogens is 5. The first-order valence-corrected chi connectivity index (χ1v) is 7.14. The van der Waals surface area contributed by atoms with Gasteiger partial charge >= 0.3 is 6.18 Å². The Labute approximate surface area is 130 Å². The first-order chi connectivity index (χ1) is 10.6. The van der Waals surface area contributed by atoms with Crippen molar-refractivity contribution in [2.24, 2.45) is 0 Å². The molecule has 128 valence electrons. The molecule has 0 spiro atoms. The summed E-state index contributed by atoms with van der Waals surface area (Å²) in [5, 5.41) is 5.05. The van der Waals surface area contributed by atoms with E-state index in [4.69, 9.17) is 0 Å². The largest absolute Gasteiger partial charge is 0.416 e. The van der Waals surface area contributed by atoms with E-state index in [1.54, 1.807) is 6.92 Å². The molecular formula is C15H17F5N2O. The molecule has 3 nitrogen and oxygen atoms in total. The van der Waals surface area contributed by atoms with E-state index >= 15 is 0 Å². The Bertz CT molecular complexity index is 556. The van der Waals surface area contributed by atoms with Gasteiger partial charge in [-0.15, -0.1) is 0 Å². The minimum Gasteiger partial charge on any atom is -0.352 e. The van der Waals surface area contributed by atoms with Crippen LogP contribution in [0.4, 0.5) is 22.0 Å². The number of hydrogen-bond donors (Lipinski definition) is 2. The molecule has 0 aliphatic carbocycles. The van der Waals surface area contributed by atoms with E-state index < -0.39 is 42.6 Å². The third-order valence-corrected chi connectivity index (χ3v) is 3.64. The van der Waals surface area contributed by atoms with Gasteiger partial charge in [-0.2, -0.15) is 13.2 Å². The van der Waals surface area contributed by atoms with Crippen molar-refractivity contribution in [3.63, 3.8) is 0 Å². The van der Waals surface area contributed by atoms with Crippen LogP contribution in [0.25, 0.3) is 0 Å². The quantitative estimate of drug-likeness (QED) is 0.830. The number of carbonyl (C=O) groups is 1. The fourth-order valence-electron chi connectivity index (χ4n) is 2.48. The van der Waals surface area contributed by atoms with Crippen molar-refractivity contribution in [1.29, 1.82) is 0 Å². The van der Waals surface area contributed by atoms with Crippen molar-refractivity contribution < 1.29 is 26.7 Å². The van der Waals surface area contributed by atoms with E-state index in [1.165, 1.54) is 12.1 Å². The molecule has 1 fully saturated rings. The van der Waals surface area contributed by atoms with Gasteiger partial charge in [0.05, 0.1) is 18.2 Å². The monoisotopic (exact) mass is 336 g/mol. The average Bonchev–Trinajstić information content (AvgIpc) is 2.78. The molecule has 2 atom stereocenters.